The van der Waals surface area contributed by atoms with E-state index in [0.717, 1.165) is 16.7 Å². The molecule has 1 N–H and O–H groups in total. The van der Waals surface area contributed by atoms with Gasteiger partial charge in [-0.15, -0.1) is 0 Å². The molecule has 1 aromatic carbocycles. The van der Waals surface area contributed by atoms with Crippen LogP contribution < -0.4 is 5.32 Å². The van der Waals surface area contributed by atoms with Gasteiger partial charge in [-0.1, -0.05) is 29.3 Å². The maximum absolute atomic E-state index is 12.7. The Morgan fingerprint density at radius 1 is 1.00 bits per heavy atom. The SMILES string of the molecule is Cc1cc(C)c(Nc2cc(Cl)nc(C(F)(F)F)n2)c(C)c1. The molecule has 7 heteroatoms. The van der Waals surface area contributed by atoms with Crippen LogP contribution in [0, 0.1) is 20.8 Å². The average Bonchev–Trinajstić information content (AvgIpc) is 2.32. The molecule has 2 aromatic rings. The molecule has 2 rings (SSSR count). The van der Waals surface area contributed by atoms with Gasteiger partial charge in [0.05, 0.1) is 0 Å². The van der Waals surface area contributed by atoms with Crippen LogP contribution in [0.2, 0.25) is 5.15 Å². The fourth-order valence-electron chi connectivity index (χ4n) is 2.11. The lowest BCUT2D eigenvalue weighted by Crippen LogP contribution is -2.12. The van der Waals surface area contributed by atoms with Gasteiger partial charge < -0.3 is 5.32 Å². The first kappa shape index (κ1) is 15.6. The molecule has 0 aliphatic rings. The zero-order chi connectivity index (χ0) is 15.8. The highest BCUT2D eigenvalue weighted by Crippen LogP contribution is 2.30. The van der Waals surface area contributed by atoms with Crippen molar-refractivity contribution >= 4 is 23.1 Å². The van der Waals surface area contributed by atoms with Gasteiger partial charge in [0, 0.05) is 11.8 Å². The first-order chi connectivity index (χ1) is 9.66. The van der Waals surface area contributed by atoms with Gasteiger partial charge in [-0.3, -0.25) is 0 Å². The van der Waals surface area contributed by atoms with Crippen molar-refractivity contribution in [3.8, 4) is 0 Å². The van der Waals surface area contributed by atoms with E-state index in [9.17, 15) is 13.2 Å². The summed E-state index contributed by atoms with van der Waals surface area (Å²) < 4.78 is 38.1. The van der Waals surface area contributed by atoms with Crippen molar-refractivity contribution in [2.45, 2.75) is 26.9 Å². The predicted octanol–water partition coefficient (Wildman–Crippen LogP) is 4.82. The molecule has 0 atom stereocenters. The molecule has 0 amide bonds. The Bertz CT molecular complexity index is 661. The molecule has 112 valence electrons. The standard InChI is InChI=1S/C14H13ClF3N3/c1-7-4-8(2)12(9(3)5-7)20-11-6-10(15)19-13(21-11)14(16,17)18/h4-6H,1-3H3,(H,19,20,21). The fourth-order valence-corrected chi connectivity index (χ4v) is 2.30. The van der Waals surface area contributed by atoms with Gasteiger partial charge >= 0.3 is 6.18 Å². The zero-order valence-electron chi connectivity index (χ0n) is 11.6. The smallest absolute Gasteiger partial charge is 0.340 e. The molecule has 0 unspecified atom stereocenters. The van der Waals surface area contributed by atoms with Gasteiger partial charge in [0.15, 0.2) is 0 Å². The van der Waals surface area contributed by atoms with Gasteiger partial charge in [0.2, 0.25) is 5.82 Å². The summed E-state index contributed by atoms with van der Waals surface area (Å²) in [4.78, 5) is 6.67. The number of hydrogen-bond donors (Lipinski definition) is 1. The molecule has 1 heterocycles. The minimum Gasteiger partial charge on any atom is -0.340 e. The minimum absolute atomic E-state index is 0.0115. The highest BCUT2D eigenvalue weighted by Gasteiger charge is 2.35. The summed E-state index contributed by atoms with van der Waals surface area (Å²) in [6.07, 6.45) is -4.64. The Labute approximate surface area is 125 Å². The maximum Gasteiger partial charge on any atom is 0.451 e. The highest BCUT2D eigenvalue weighted by molar-refractivity contribution is 6.29. The van der Waals surface area contributed by atoms with Crippen molar-refractivity contribution in [1.82, 2.24) is 9.97 Å². The first-order valence-electron chi connectivity index (χ1n) is 6.13. The van der Waals surface area contributed by atoms with Crippen LogP contribution in [0.25, 0.3) is 0 Å². The van der Waals surface area contributed by atoms with Crippen LogP contribution >= 0.6 is 11.6 Å². The Kier molecular flexibility index (Phi) is 4.09. The van der Waals surface area contributed by atoms with Crippen LogP contribution in [-0.2, 0) is 6.18 Å². The van der Waals surface area contributed by atoms with E-state index in [1.807, 2.05) is 32.9 Å². The van der Waals surface area contributed by atoms with Crippen LogP contribution in [0.3, 0.4) is 0 Å². The van der Waals surface area contributed by atoms with E-state index in [4.69, 9.17) is 11.6 Å². The molecule has 0 bridgehead atoms. The summed E-state index contributed by atoms with van der Waals surface area (Å²) in [6.45, 7) is 5.69. The summed E-state index contributed by atoms with van der Waals surface area (Å²) in [6, 6.07) is 5.13. The molecule has 21 heavy (non-hydrogen) atoms. The monoisotopic (exact) mass is 315 g/mol. The Morgan fingerprint density at radius 3 is 2.10 bits per heavy atom. The topological polar surface area (TPSA) is 37.8 Å². The molecule has 3 nitrogen and oxygen atoms in total. The Balaban J connectivity index is 2.43. The molecule has 0 aliphatic heterocycles. The van der Waals surface area contributed by atoms with Gasteiger partial charge in [-0.05, 0) is 31.9 Å². The van der Waals surface area contributed by atoms with Gasteiger partial charge in [-0.25, -0.2) is 9.97 Å². The van der Waals surface area contributed by atoms with Crippen LogP contribution in [-0.4, -0.2) is 9.97 Å². The number of benzene rings is 1. The second kappa shape index (κ2) is 5.52. The number of alkyl halides is 3. The molecular weight excluding hydrogens is 303 g/mol. The zero-order valence-corrected chi connectivity index (χ0v) is 12.4. The third-order valence-corrected chi connectivity index (χ3v) is 3.07. The first-order valence-corrected chi connectivity index (χ1v) is 6.51. The van der Waals surface area contributed by atoms with Crippen LogP contribution in [0.15, 0.2) is 18.2 Å². The van der Waals surface area contributed by atoms with E-state index in [2.05, 4.69) is 15.3 Å². The largest absolute Gasteiger partial charge is 0.451 e. The molecule has 0 spiro atoms. The third kappa shape index (κ3) is 3.64. The number of rotatable bonds is 2. The van der Waals surface area contributed by atoms with Crippen molar-refractivity contribution in [2.24, 2.45) is 0 Å². The Hall–Kier alpha value is -1.82. The lowest BCUT2D eigenvalue weighted by molar-refractivity contribution is -0.144. The van der Waals surface area contributed by atoms with E-state index in [1.54, 1.807) is 0 Å². The van der Waals surface area contributed by atoms with E-state index in [-0.39, 0.29) is 11.0 Å². The number of hydrogen-bond acceptors (Lipinski definition) is 3. The minimum atomic E-state index is -4.64. The summed E-state index contributed by atoms with van der Waals surface area (Å²) in [5.41, 5.74) is 3.61. The van der Waals surface area contributed by atoms with Crippen molar-refractivity contribution in [3.05, 3.63) is 45.9 Å². The lowest BCUT2D eigenvalue weighted by atomic mass is 10.1. The van der Waals surface area contributed by atoms with Crippen molar-refractivity contribution in [2.75, 3.05) is 5.32 Å². The number of anilines is 2. The predicted molar refractivity (Wildman–Crippen MR) is 76.0 cm³/mol. The van der Waals surface area contributed by atoms with Crippen LogP contribution in [0.4, 0.5) is 24.7 Å². The van der Waals surface area contributed by atoms with Gasteiger partial charge in [0.1, 0.15) is 11.0 Å². The number of aryl methyl sites for hydroxylation is 3. The fraction of sp³-hybridized carbons (Fsp3) is 0.286. The number of nitrogens with zero attached hydrogens (tertiary/aromatic N) is 2. The third-order valence-electron chi connectivity index (χ3n) is 2.88. The lowest BCUT2D eigenvalue weighted by Gasteiger charge is -2.14. The molecule has 0 radical (unpaired) electrons. The second-order valence-electron chi connectivity index (χ2n) is 4.80. The van der Waals surface area contributed by atoms with E-state index >= 15 is 0 Å². The van der Waals surface area contributed by atoms with E-state index in [0.29, 0.717) is 5.69 Å². The molecule has 0 fully saturated rings. The van der Waals surface area contributed by atoms with Gasteiger partial charge in [-0.2, -0.15) is 13.2 Å². The number of aromatic nitrogens is 2. The van der Waals surface area contributed by atoms with Crippen LogP contribution in [0.5, 0.6) is 0 Å². The van der Waals surface area contributed by atoms with E-state index < -0.39 is 12.0 Å². The van der Waals surface area contributed by atoms with Gasteiger partial charge in [0.25, 0.3) is 0 Å². The summed E-state index contributed by atoms with van der Waals surface area (Å²) >= 11 is 5.64. The normalized spacial score (nSPS) is 11.6. The van der Waals surface area contributed by atoms with Crippen molar-refractivity contribution < 1.29 is 13.2 Å². The van der Waals surface area contributed by atoms with E-state index in [1.165, 1.54) is 6.07 Å². The maximum atomic E-state index is 12.7. The number of halogens is 4. The highest BCUT2D eigenvalue weighted by atomic mass is 35.5. The van der Waals surface area contributed by atoms with Crippen molar-refractivity contribution in [3.63, 3.8) is 0 Å². The number of nitrogens with one attached hydrogen (secondary N) is 1. The average molecular weight is 316 g/mol. The molecule has 0 aliphatic carbocycles. The molecule has 1 aromatic heterocycles. The molecular formula is C14H13ClF3N3. The quantitative estimate of drug-likeness (QED) is 0.808. The molecule has 0 saturated heterocycles. The summed E-state index contributed by atoms with van der Waals surface area (Å²) in [5, 5.41) is 2.62. The molecule has 0 saturated carbocycles. The van der Waals surface area contributed by atoms with Crippen molar-refractivity contribution in [1.29, 1.82) is 0 Å². The Morgan fingerprint density at radius 2 is 1.57 bits per heavy atom. The summed E-state index contributed by atoms with van der Waals surface area (Å²) in [5.74, 6) is -1.25. The second-order valence-corrected chi connectivity index (χ2v) is 5.18. The summed E-state index contributed by atoms with van der Waals surface area (Å²) in [7, 11) is 0. The van der Waals surface area contributed by atoms with Crippen LogP contribution in [0.1, 0.15) is 22.5 Å².